The van der Waals surface area contributed by atoms with E-state index in [1.54, 1.807) is 0 Å². The van der Waals surface area contributed by atoms with Crippen LogP contribution in [0.25, 0.3) is 11.5 Å². The Bertz CT molecular complexity index is 836. The zero-order valence-corrected chi connectivity index (χ0v) is 14.0. The average molecular weight is 324 g/mol. The first kappa shape index (κ1) is 16.0. The van der Waals surface area contributed by atoms with Gasteiger partial charge in [0.1, 0.15) is 6.26 Å². The minimum absolute atomic E-state index is 0.0765. The largest absolute Gasteiger partial charge is 0.444 e. The summed E-state index contributed by atoms with van der Waals surface area (Å²) >= 11 is 0. The van der Waals surface area contributed by atoms with Crippen LogP contribution in [0.2, 0.25) is 0 Å². The van der Waals surface area contributed by atoms with Crippen LogP contribution in [0.3, 0.4) is 0 Å². The van der Waals surface area contributed by atoms with Gasteiger partial charge in [0.05, 0.1) is 12.2 Å². The topological polar surface area (TPSA) is 73.0 Å². The highest BCUT2D eigenvalue weighted by Gasteiger charge is 2.16. The van der Waals surface area contributed by atoms with Crippen LogP contribution in [0.15, 0.2) is 47.1 Å². The van der Waals surface area contributed by atoms with Gasteiger partial charge in [0, 0.05) is 17.3 Å². The number of aryl methyl sites for hydroxylation is 2. The van der Waals surface area contributed by atoms with Gasteiger partial charge >= 0.3 is 0 Å². The lowest BCUT2D eigenvalue weighted by atomic mass is 10.2. The number of carbonyl (C=O) groups is 1. The zero-order valence-electron chi connectivity index (χ0n) is 14.0. The average Bonchev–Trinajstić information content (AvgIpc) is 3.15. The zero-order chi connectivity index (χ0) is 17.1. The van der Waals surface area contributed by atoms with Crippen molar-refractivity contribution in [1.82, 2.24) is 20.1 Å². The number of aromatic nitrogens is 3. The number of nitrogens with zero attached hydrogens (tertiary/aromatic N) is 3. The number of hydrogen-bond acceptors (Lipinski definition) is 4. The van der Waals surface area contributed by atoms with E-state index >= 15 is 0 Å². The molecule has 3 aromatic rings. The minimum Gasteiger partial charge on any atom is -0.444 e. The monoisotopic (exact) mass is 324 g/mol. The van der Waals surface area contributed by atoms with Crippen molar-refractivity contribution in [3.63, 3.8) is 0 Å². The molecule has 6 nitrogen and oxygen atoms in total. The maximum Gasteiger partial charge on any atom is 0.273 e. The van der Waals surface area contributed by atoms with Crippen LogP contribution < -0.4 is 5.32 Å². The van der Waals surface area contributed by atoms with Crippen molar-refractivity contribution >= 4 is 5.91 Å². The van der Waals surface area contributed by atoms with Crippen LogP contribution in [0.5, 0.6) is 0 Å². The molecule has 0 saturated carbocycles. The van der Waals surface area contributed by atoms with Crippen molar-refractivity contribution in [1.29, 1.82) is 0 Å². The van der Waals surface area contributed by atoms with Gasteiger partial charge in [0.25, 0.3) is 5.91 Å². The van der Waals surface area contributed by atoms with E-state index in [4.69, 9.17) is 4.42 Å². The van der Waals surface area contributed by atoms with E-state index in [-0.39, 0.29) is 17.6 Å². The molecule has 0 aliphatic carbocycles. The molecule has 1 atom stereocenters. The third-order valence-corrected chi connectivity index (χ3v) is 3.69. The third-order valence-electron chi connectivity index (χ3n) is 3.69. The highest BCUT2D eigenvalue weighted by Crippen LogP contribution is 2.17. The lowest BCUT2D eigenvalue weighted by molar-refractivity contribution is 0.0931. The third kappa shape index (κ3) is 3.53. The maximum atomic E-state index is 12.3. The smallest absolute Gasteiger partial charge is 0.273 e. The highest BCUT2D eigenvalue weighted by atomic mass is 16.3. The molecule has 0 aliphatic rings. The number of carbonyl (C=O) groups excluding carboxylic acids is 1. The molecule has 1 amide bonds. The second kappa shape index (κ2) is 6.70. The van der Waals surface area contributed by atoms with Gasteiger partial charge in [-0.2, -0.15) is 5.10 Å². The Morgan fingerprint density at radius 3 is 2.71 bits per heavy atom. The van der Waals surface area contributed by atoms with Crippen LogP contribution in [0.4, 0.5) is 0 Å². The summed E-state index contributed by atoms with van der Waals surface area (Å²) in [5, 5.41) is 7.33. The number of rotatable bonds is 5. The van der Waals surface area contributed by atoms with Crippen LogP contribution in [0, 0.1) is 13.8 Å². The molecule has 3 rings (SSSR count). The predicted octanol–water partition coefficient (Wildman–Crippen LogP) is 2.97. The van der Waals surface area contributed by atoms with E-state index in [1.807, 2.05) is 61.9 Å². The molecule has 0 bridgehead atoms. The Labute approximate surface area is 140 Å². The maximum absolute atomic E-state index is 12.3. The Hall–Kier alpha value is -2.89. The van der Waals surface area contributed by atoms with Gasteiger partial charge in [-0.3, -0.25) is 9.48 Å². The molecule has 124 valence electrons. The summed E-state index contributed by atoms with van der Waals surface area (Å²) < 4.78 is 7.29. The summed E-state index contributed by atoms with van der Waals surface area (Å²) in [7, 11) is 0. The highest BCUT2D eigenvalue weighted by molar-refractivity contribution is 5.92. The molecule has 0 aliphatic heterocycles. The fourth-order valence-corrected chi connectivity index (χ4v) is 2.55. The number of hydrogen-bond donors (Lipinski definition) is 1. The van der Waals surface area contributed by atoms with Crippen LogP contribution in [-0.4, -0.2) is 26.7 Å². The van der Waals surface area contributed by atoms with Crippen LogP contribution in [0.1, 0.15) is 28.8 Å². The molecule has 6 heteroatoms. The van der Waals surface area contributed by atoms with Gasteiger partial charge in [-0.05, 0) is 39.0 Å². The molecule has 0 unspecified atom stereocenters. The van der Waals surface area contributed by atoms with Crippen molar-refractivity contribution in [3.8, 4) is 11.5 Å². The van der Waals surface area contributed by atoms with Gasteiger partial charge in [-0.25, -0.2) is 4.98 Å². The van der Waals surface area contributed by atoms with Crippen molar-refractivity contribution in [2.75, 3.05) is 0 Å². The summed E-state index contributed by atoms with van der Waals surface area (Å²) in [5.41, 5.74) is 3.15. The second-order valence-corrected chi connectivity index (χ2v) is 5.89. The van der Waals surface area contributed by atoms with Gasteiger partial charge < -0.3 is 9.73 Å². The van der Waals surface area contributed by atoms with Crippen LogP contribution in [-0.2, 0) is 6.54 Å². The first-order valence-electron chi connectivity index (χ1n) is 7.86. The molecule has 24 heavy (non-hydrogen) atoms. The van der Waals surface area contributed by atoms with E-state index in [2.05, 4.69) is 15.4 Å². The molecular weight excluding hydrogens is 304 g/mol. The summed E-state index contributed by atoms with van der Waals surface area (Å²) in [6.45, 7) is 6.49. The number of benzene rings is 1. The fraction of sp³-hybridized carbons (Fsp3) is 0.278. The SMILES string of the molecule is Cc1cc(C)n(C[C@H](C)NC(=O)c2coc(-c3ccccc3)n2)n1. The predicted molar refractivity (Wildman–Crippen MR) is 90.6 cm³/mol. The van der Waals surface area contributed by atoms with E-state index in [0.717, 1.165) is 17.0 Å². The lowest BCUT2D eigenvalue weighted by Gasteiger charge is -2.14. The van der Waals surface area contributed by atoms with Crippen molar-refractivity contribution in [2.45, 2.75) is 33.4 Å². The summed E-state index contributed by atoms with van der Waals surface area (Å²) in [5.74, 6) is 0.182. The first-order chi connectivity index (χ1) is 11.5. The molecule has 1 aromatic carbocycles. The van der Waals surface area contributed by atoms with E-state index < -0.39 is 0 Å². The molecule has 1 N–H and O–H groups in total. The lowest BCUT2D eigenvalue weighted by Crippen LogP contribution is -2.36. The van der Waals surface area contributed by atoms with Crippen molar-refractivity contribution in [3.05, 3.63) is 59.7 Å². The van der Waals surface area contributed by atoms with Gasteiger partial charge in [-0.15, -0.1) is 0 Å². The fourth-order valence-electron chi connectivity index (χ4n) is 2.55. The number of oxazole rings is 1. The molecular formula is C18H20N4O2. The normalized spacial score (nSPS) is 12.1. The number of nitrogens with one attached hydrogen (secondary N) is 1. The minimum atomic E-state index is -0.255. The quantitative estimate of drug-likeness (QED) is 0.783. The number of amides is 1. The Kier molecular flexibility index (Phi) is 4.46. The van der Waals surface area contributed by atoms with Gasteiger partial charge in [0.15, 0.2) is 5.69 Å². The molecule has 0 saturated heterocycles. The molecule has 0 fully saturated rings. The second-order valence-electron chi connectivity index (χ2n) is 5.89. The molecule has 2 aromatic heterocycles. The summed E-state index contributed by atoms with van der Waals surface area (Å²) in [4.78, 5) is 16.6. The first-order valence-corrected chi connectivity index (χ1v) is 7.86. The van der Waals surface area contributed by atoms with E-state index in [1.165, 1.54) is 6.26 Å². The Morgan fingerprint density at radius 2 is 2.04 bits per heavy atom. The Morgan fingerprint density at radius 1 is 1.29 bits per heavy atom. The molecule has 0 spiro atoms. The molecule has 2 heterocycles. The van der Waals surface area contributed by atoms with Crippen molar-refractivity contribution in [2.24, 2.45) is 0 Å². The summed E-state index contributed by atoms with van der Waals surface area (Å²) in [6.07, 6.45) is 1.38. The van der Waals surface area contributed by atoms with E-state index in [9.17, 15) is 4.79 Å². The van der Waals surface area contributed by atoms with Crippen LogP contribution >= 0.6 is 0 Å². The standard InChI is InChI=1S/C18H20N4O2/c1-12-9-14(3)22(21-12)10-13(2)19-17(23)16-11-24-18(20-16)15-7-5-4-6-8-15/h4-9,11,13H,10H2,1-3H3,(H,19,23)/t13-/m0/s1. The van der Waals surface area contributed by atoms with Gasteiger partial charge in [-0.1, -0.05) is 18.2 Å². The Balaban J connectivity index is 1.65. The van der Waals surface area contributed by atoms with E-state index in [0.29, 0.717) is 12.4 Å². The van der Waals surface area contributed by atoms with Crippen molar-refractivity contribution < 1.29 is 9.21 Å². The molecule has 0 radical (unpaired) electrons. The summed E-state index contributed by atoms with van der Waals surface area (Å²) in [6, 6.07) is 11.4. The van der Waals surface area contributed by atoms with Gasteiger partial charge in [0.2, 0.25) is 5.89 Å².